The number of nitrogens with one attached hydrogen (secondary N) is 1. The fourth-order valence-electron chi connectivity index (χ4n) is 3.12. The van der Waals surface area contributed by atoms with Crippen molar-refractivity contribution in [3.05, 3.63) is 47.1 Å². The molecule has 0 amide bonds. The lowest BCUT2D eigenvalue weighted by Crippen LogP contribution is -2.24. The highest BCUT2D eigenvalue weighted by molar-refractivity contribution is 5.43. The second-order valence-corrected chi connectivity index (χ2v) is 5.50. The van der Waals surface area contributed by atoms with Gasteiger partial charge in [-0.15, -0.1) is 0 Å². The van der Waals surface area contributed by atoms with E-state index in [9.17, 15) is 0 Å². The molecular formula is C15H17N3O. The molecule has 1 N–H and O–H groups in total. The van der Waals surface area contributed by atoms with Gasteiger partial charge in [0.1, 0.15) is 0 Å². The summed E-state index contributed by atoms with van der Waals surface area (Å²) in [5.74, 6) is 1.97. The van der Waals surface area contributed by atoms with Gasteiger partial charge < -0.3 is 9.84 Å². The average molecular weight is 255 g/mol. The van der Waals surface area contributed by atoms with Crippen molar-refractivity contribution in [3.63, 3.8) is 0 Å². The largest absolute Gasteiger partial charge is 0.339 e. The van der Waals surface area contributed by atoms with Crippen molar-refractivity contribution in [2.24, 2.45) is 0 Å². The van der Waals surface area contributed by atoms with Gasteiger partial charge >= 0.3 is 0 Å². The maximum Gasteiger partial charge on any atom is 0.228 e. The lowest BCUT2D eigenvalue weighted by atomic mass is 9.77. The molecule has 1 fully saturated rings. The van der Waals surface area contributed by atoms with Gasteiger partial charge in [0.2, 0.25) is 5.89 Å². The fraction of sp³-hybridized carbons (Fsp3) is 0.467. The Kier molecular flexibility index (Phi) is 2.62. The molecule has 1 saturated heterocycles. The Morgan fingerprint density at radius 1 is 1.32 bits per heavy atom. The maximum absolute atomic E-state index is 5.40. The zero-order valence-electron chi connectivity index (χ0n) is 10.8. The number of hydrogen-bond acceptors (Lipinski definition) is 4. The predicted octanol–water partition coefficient (Wildman–Crippen LogP) is 2.05. The zero-order valence-corrected chi connectivity index (χ0v) is 10.8. The number of hydrogen-bond donors (Lipinski definition) is 1. The van der Waals surface area contributed by atoms with Crippen molar-refractivity contribution in [2.45, 2.75) is 37.6 Å². The molecule has 0 radical (unpaired) electrons. The van der Waals surface area contributed by atoms with E-state index in [2.05, 4.69) is 39.7 Å². The lowest BCUT2D eigenvalue weighted by Gasteiger charge is -2.27. The summed E-state index contributed by atoms with van der Waals surface area (Å²) in [6.07, 6.45) is 4.36. The molecule has 2 aliphatic rings. The molecule has 2 atom stereocenters. The summed E-state index contributed by atoms with van der Waals surface area (Å²) in [7, 11) is 0. The molecule has 2 unspecified atom stereocenters. The van der Waals surface area contributed by atoms with E-state index < -0.39 is 0 Å². The van der Waals surface area contributed by atoms with Crippen LogP contribution in [0.3, 0.4) is 0 Å². The van der Waals surface area contributed by atoms with Gasteiger partial charge in [0.05, 0.1) is 5.92 Å². The normalized spacial score (nSPS) is 25.1. The number of benzene rings is 1. The zero-order chi connectivity index (χ0) is 12.7. The van der Waals surface area contributed by atoms with Crippen LogP contribution in [0, 0.1) is 0 Å². The molecule has 0 bridgehead atoms. The third-order valence-electron chi connectivity index (χ3n) is 4.23. The summed E-state index contributed by atoms with van der Waals surface area (Å²) in [5, 5.41) is 7.62. The number of aromatic nitrogens is 2. The van der Waals surface area contributed by atoms with Crippen molar-refractivity contribution in [2.75, 3.05) is 6.54 Å². The standard InChI is InChI=1S/C15H17N3O/c1-2-6-12-10(4-1)8-13(12)15-17-14(19-18-15)9-11-5-3-7-16-11/h1-2,4,6,11,13,16H,3,5,7-9H2. The topological polar surface area (TPSA) is 51.0 Å². The first-order valence-electron chi connectivity index (χ1n) is 7.04. The van der Waals surface area contributed by atoms with Gasteiger partial charge in [-0.1, -0.05) is 29.4 Å². The van der Waals surface area contributed by atoms with Crippen molar-refractivity contribution in [1.82, 2.24) is 15.5 Å². The summed E-state index contributed by atoms with van der Waals surface area (Å²) in [6.45, 7) is 1.11. The van der Waals surface area contributed by atoms with Crippen LogP contribution >= 0.6 is 0 Å². The van der Waals surface area contributed by atoms with Crippen LogP contribution < -0.4 is 5.32 Å². The Labute approximate surface area is 112 Å². The highest BCUT2D eigenvalue weighted by Crippen LogP contribution is 2.38. The number of rotatable bonds is 3. The highest BCUT2D eigenvalue weighted by atomic mass is 16.5. The summed E-state index contributed by atoms with van der Waals surface area (Å²) >= 11 is 0. The maximum atomic E-state index is 5.40. The Morgan fingerprint density at radius 2 is 2.26 bits per heavy atom. The Bertz CT molecular complexity index is 587. The summed E-state index contributed by atoms with van der Waals surface area (Å²) in [5.41, 5.74) is 2.77. The van der Waals surface area contributed by atoms with E-state index in [1.807, 2.05) is 0 Å². The molecule has 2 aromatic rings. The van der Waals surface area contributed by atoms with Crippen LogP contribution in [0.25, 0.3) is 0 Å². The monoisotopic (exact) mass is 255 g/mol. The molecule has 4 nitrogen and oxygen atoms in total. The highest BCUT2D eigenvalue weighted by Gasteiger charge is 2.31. The minimum absolute atomic E-state index is 0.338. The van der Waals surface area contributed by atoms with E-state index in [4.69, 9.17) is 4.52 Å². The van der Waals surface area contributed by atoms with Crippen LogP contribution in [0.5, 0.6) is 0 Å². The molecule has 1 aromatic carbocycles. The minimum Gasteiger partial charge on any atom is -0.339 e. The number of nitrogens with zero attached hydrogens (tertiary/aromatic N) is 2. The van der Waals surface area contributed by atoms with Gasteiger partial charge in [-0.2, -0.15) is 4.98 Å². The molecule has 19 heavy (non-hydrogen) atoms. The molecule has 98 valence electrons. The van der Waals surface area contributed by atoms with Gasteiger partial charge in [0, 0.05) is 12.5 Å². The van der Waals surface area contributed by atoms with E-state index in [1.165, 1.54) is 24.0 Å². The van der Waals surface area contributed by atoms with E-state index >= 15 is 0 Å². The Morgan fingerprint density at radius 3 is 3.11 bits per heavy atom. The summed E-state index contributed by atoms with van der Waals surface area (Å²) in [6, 6.07) is 9.02. The first kappa shape index (κ1) is 11.2. The predicted molar refractivity (Wildman–Crippen MR) is 71.0 cm³/mol. The molecular weight excluding hydrogens is 238 g/mol. The van der Waals surface area contributed by atoms with E-state index in [0.29, 0.717) is 12.0 Å². The molecule has 4 heteroatoms. The lowest BCUT2D eigenvalue weighted by molar-refractivity contribution is 0.357. The molecule has 0 spiro atoms. The second kappa shape index (κ2) is 4.46. The third kappa shape index (κ3) is 1.96. The van der Waals surface area contributed by atoms with Crippen LogP contribution in [-0.4, -0.2) is 22.7 Å². The molecule has 1 aliphatic heterocycles. The van der Waals surface area contributed by atoms with Crippen LogP contribution in [0.2, 0.25) is 0 Å². The first-order valence-corrected chi connectivity index (χ1v) is 7.04. The fourth-order valence-corrected chi connectivity index (χ4v) is 3.12. The minimum atomic E-state index is 0.338. The smallest absolute Gasteiger partial charge is 0.228 e. The van der Waals surface area contributed by atoms with Crippen molar-refractivity contribution in [1.29, 1.82) is 0 Å². The van der Waals surface area contributed by atoms with Gasteiger partial charge in [0.25, 0.3) is 0 Å². The Balaban J connectivity index is 1.50. The SMILES string of the molecule is c1ccc2c(c1)CC2c1noc(CC2CCCN2)n1. The van der Waals surface area contributed by atoms with Gasteiger partial charge in [0.15, 0.2) is 5.82 Å². The van der Waals surface area contributed by atoms with Crippen LogP contribution in [0.15, 0.2) is 28.8 Å². The summed E-state index contributed by atoms with van der Waals surface area (Å²) in [4.78, 5) is 4.58. The molecule has 4 rings (SSSR count). The van der Waals surface area contributed by atoms with Gasteiger partial charge in [-0.25, -0.2) is 0 Å². The Hall–Kier alpha value is -1.68. The second-order valence-electron chi connectivity index (χ2n) is 5.50. The average Bonchev–Trinajstić information content (AvgIpc) is 3.04. The number of fused-ring (bicyclic) bond motifs is 1. The molecule has 2 heterocycles. The van der Waals surface area contributed by atoms with E-state index in [-0.39, 0.29) is 0 Å². The van der Waals surface area contributed by atoms with E-state index in [1.54, 1.807) is 0 Å². The van der Waals surface area contributed by atoms with Crippen molar-refractivity contribution >= 4 is 0 Å². The van der Waals surface area contributed by atoms with Crippen LogP contribution in [-0.2, 0) is 12.8 Å². The summed E-state index contributed by atoms with van der Waals surface area (Å²) < 4.78 is 5.40. The third-order valence-corrected chi connectivity index (χ3v) is 4.23. The van der Waals surface area contributed by atoms with Gasteiger partial charge in [-0.05, 0) is 36.9 Å². The molecule has 1 aliphatic carbocycles. The molecule has 0 saturated carbocycles. The van der Waals surface area contributed by atoms with Gasteiger partial charge in [-0.3, -0.25) is 0 Å². The van der Waals surface area contributed by atoms with Crippen molar-refractivity contribution in [3.8, 4) is 0 Å². The molecule has 1 aromatic heterocycles. The van der Waals surface area contributed by atoms with Crippen LogP contribution in [0.1, 0.15) is 41.6 Å². The quantitative estimate of drug-likeness (QED) is 0.912. The van der Waals surface area contributed by atoms with Crippen molar-refractivity contribution < 1.29 is 4.52 Å². The van der Waals surface area contributed by atoms with Crippen LogP contribution in [0.4, 0.5) is 0 Å². The first-order chi connectivity index (χ1) is 9.40. The van der Waals surface area contributed by atoms with E-state index in [0.717, 1.165) is 31.1 Å².